The van der Waals surface area contributed by atoms with Crippen molar-refractivity contribution in [1.29, 1.82) is 0 Å². The van der Waals surface area contributed by atoms with Crippen molar-refractivity contribution in [3.05, 3.63) is 0 Å². The van der Waals surface area contributed by atoms with Crippen LogP contribution in [0.25, 0.3) is 0 Å². The van der Waals surface area contributed by atoms with Crippen molar-refractivity contribution in [3.63, 3.8) is 0 Å². The summed E-state index contributed by atoms with van der Waals surface area (Å²) in [4.78, 5) is 11.0. The summed E-state index contributed by atoms with van der Waals surface area (Å²) in [6, 6.07) is -0.865. The number of hydrogen-bond acceptors (Lipinski definition) is 4. The van der Waals surface area contributed by atoms with Gasteiger partial charge in [0.15, 0.2) is 0 Å². The molecule has 0 aromatic rings. The third-order valence-electron chi connectivity index (χ3n) is 3.18. The van der Waals surface area contributed by atoms with E-state index < -0.39 is 22.0 Å². The Morgan fingerprint density at radius 2 is 1.94 bits per heavy atom. The number of carboxylic acids is 1. The van der Waals surface area contributed by atoms with Gasteiger partial charge in [0.25, 0.3) is 0 Å². The van der Waals surface area contributed by atoms with Gasteiger partial charge in [-0.25, -0.2) is 8.42 Å². The molecule has 0 amide bonds. The quantitative estimate of drug-likeness (QED) is 0.813. The zero-order valence-electron chi connectivity index (χ0n) is 8.83. The van der Waals surface area contributed by atoms with E-state index in [0.29, 0.717) is 18.6 Å². The van der Waals surface area contributed by atoms with E-state index in [9.17, 15) is 13.2 Å². The number of hydrogen-bond donors (Lipinski definition) is 1. The molecular weight excluding hydrogens is 250 g/mol. The summed E-state index contributed by atoms with van der Waals surface area (Å²) in [5, 5.41) is 8.62. The summed E-state index contributed by atoms with van der Waals surface area (Å²) in [6.07, 6.45) is 3.22. The van der Waals surface area contributed by atoms with Crippen molar-refractivity contribution in [2.24, 2.45) is 0 Å². The highest BCUT2D eigenvalue weighted by Gasteiger charge is 2.43. The van der Waals surface area contributed by atoms with Crippen LogP contribution in [0, 0.1) is 0 Å². The van der Waals surface area contributed by atoms with Gasteiger partial charge in [-0.1, -0.05) is 12.8 Å². The van der Waals surface area contributed by atoms with Gasteiger partial charge < -0.3 is 5.11 Å². The first-order chi connectivity index (χ1) is 7.53. The summed E-state index contributed by atoms with van der Waals surface area (Å²) in [5.41, 5.74) is 0. The van der Waals surface area contributed by atoms with Crippen LogP contribution in [0.1, 0.15) is 25.7 Å². The van der Waals surface area contributed by atoms with Gasteiger partial charge in [0, 0.05) is 5.75 Å². The molecule has 1 aliphatic carbocycles. The van der Waals surface area contributed by atoms with Gasteiger partial charge in [0.05, 0.1) is 11.1 Å². The fourth-order valence-electron chi connectivity index (χ4n) is 2.25. The van der Waals surface area contributed by atoms with Crippen molar-refractivity contribution in [2.75, 3.05) is 11.6 Å². The van der Waals surface area contributed by atoms with E-state index in [1.807, 2.05) is 0 Å². The SMILES string of the molecule is O=C(O)C1CSCN1S(=O)(=O)C1CCCC1. The third kappa shape index (κ3) is 2.08. The Kier molecular flexibility index (Phi) is 3.46. The van der Waals surface area contributed by atoms with Crippen LogP contribution in [0.3, 0.4) is 0 Å². The molecule has 5 nitrogen and oxygen atoms in total. The number of nitrogens with zero attached hydrogens (tertiary/aromatic N) is 1. The molecule has 16 heavy (non-hydrogen) atoms. The van der Waals surface area contributed by atoms with Crippen LogP contribution in [0.2, 0.25) is 0 Å². The van der Waals surface area contributed by atoms with Crippen LogP contribution in [0.5, 0.6) is 0 Å². The van der Waals surface area contributed by atoms with Crippen LogP contribution in [0.15, 0.2) is 0 Å². The minimum Gasteiger partial charge on any atom is -0.480 e. The van der Waals surface area contributed by atoms with Gasteiger partial charge in [-0.15, -0.1) is 11.8 Å². The first-order valence-corrected chi connectivity index (χ1v) is 8.00. The Morgan fingerprint density at radius 3 is 2.50 bits per heavy atom. The zero-order chi connectivity index (χ0) is 11.8. The van der Waals surface area contributed by atoms with Gasteiger partial charge in [-0.2, -0.15) is 4.31 Å². The summed E-state index contributed by atoms with van der Waals surface area (Å²) in [6.45, 7) is 0. The Morgan fingerprint density at radius 1 is 1.31 bits per heavy atom. The molecule has 1 unspecified atom stereocenters. The summed E-state index contributed by atoms with van der Waals surface area (Å²) >= 11 is 1.37. The highest BCUT2D eigenvalue weighted by molar-refractivity contribution is 8.00. The van der Waals surface area contributed by atoms with Crippen molar-refractivity contribution in [3.8, 4) is 0 Å². The second-order valence-corrected chi connectivity index (χ2v) is 7.36. The van der Waals surface area contributed by atoms with Gasteiger partial charge in [-0.05, 0) is 12.8 Å². The van der Waals surface area contributed by atoms with E-state index >= 15 is 0 Å². The van der Waals surface area contributed by atoms with E-state index in [0.717, 1.165) is 12.8 Å². The lowest BCUT2D eigenvalue weighted by molar-refractivity contribution is -0.140. The maximum atomic E-state index is 12.2. The Balaban J connectivity index is 2.19. The third-order valence-corrected chi connectivity index (χ3v) is 6.70. The van der Waals surface area contributed by atoms with Gasteiger partial charge in [0.2, 0.25) is 10.0 Å². The fraction of sp³-hybridized carbons (Fsp3) is 0.889. The molecule has 0 aromatic heterocycles. The molecule has 1 saturated heterocycles. The molecule has 2 fully saturated rings. The first-order valence-electron chi connectivity index (χ1n) is 5.34. The van der Waals surface area contributed by atoms with Crippen LogP contribution in [0.4, 0.5) is 0 Å². The second-order valence-electron chi connectivity index (χ2n) is 4.19. The lowest BCUT2D eigenvalue weighted by Crippen LogP contribution is -2.45. The van der Waals surface area contributed by atoms with Crippen molar-refractivity contribution in [1.82, 2.24) is 4.31 Å². The number of rotatable bonds is 3. The Hall–Kier alpha value is -0.270. The molecule has 2 rings (SSSR count). The molecule has 1 N–H and O–H groups in total. The molecule has 0 aromatic carbocycles. The molecular formula is C9H15NO4S2. The highest BCUT2D eigenvalue weighted by atomic mass is 32.2. The normalized spacial score (nSPS) is 28.6. The number of carbonyl (C=O) groups is 1. The van der Waals surface area contributed by atoms with Gasteiger partial charge in [0.1, 0.15) is 6.04 Å². The lowest BCUT2D eigenvalue weighted by Gasteiger charge is -2.23. The van der Waals surface area contributed by atoms with E-state index in [4.69, 9.17) is 5.11 Å². The molecule has 0 bridgehead atoms. The van der Waals surface area contributed by atoms with E-state index in [2.05, 4.69) is 0 Å². The van der Waals surface area contributed by atoms with Crippen LogP contribution in [-0.2, 0) is 14.8 Å². The highest BCUT2D eigenvalue weighted by Crippen LogP contribution is 2.32. The summed E-state index contributed by atoms with van der Waals surface area (Å²) in [5.74, 6) is -0.386. The molecule has 1 heterocycles. The van der Waals surface area contributed by atoms with Crippen molar-refractivity contribution >= 4 is 27.8 Å². The number of aliphatic carboxylic acids is 1. The molecule has 1 atom stereocenters. The minimum absolute atomic E-state index is 0.288. The van der Waals surface area contributed by atoms with Crippen molar-refractivity contribution in [2.45, 2.75) is 37.0 Å². The topological polar surface area (TPSA) is 74.7 Å². The maximum absolute atomic E-state index is 12.2. The van der Waals surface area contributed by atoms with Gasteiger partial charge in [-0.3, -0.25) is 4.79 Å². The summed E-state index contributed by atoms with van der Waals surface area (Å²) in [7, 11) is -3.40. The number of thioether (sulfide) groups is 1. The fourth-order valence-corrected chi connectivity index (χ4v) is 6.00. The minimum atomic E-state index is -3.40. The van der Waals surface area contributed by atoms with E-state index in [1.165, 1.54) is 16.1 Å². The maximum Gasteiger partial charge on any atom is 0.322 e. The van der Waals surface area contributed by atoms with Crippen LogP contribution < -0.4 is 0 Å². The first kappa shape index (κ1) is 12.2. The molecule has 7 heteroatoms. The molecule has 2 aliphatic rings. The summed E-state index contributed by atoms with van der Waals surface area (Å²) < 4.78 is 25.6. The van der Waals surface area contributed by atoms with E-state index in [-0.39, 0.29) is 11.1 Å². The average Bonchev–Trinajstić information content (AvgIpc) is 2.89. The Labute approximate surface area is 99.2 Å². The standard InChI is InChI=1S/C9H15NO4S2/c11-9(12)8-5-15-6-10(8)16(13,14)7-3-1-2-4-7/h7-8H,1-6H2,(H,11,12). The van der Waals surface area contributed by atoms with Crippen LogP contribution >= 0.6 is 11.8 Å². The smallest absolute Gasteiger partial charge is 0.322 e. The second kappa shape index (κ2) is 4.54. The average molecular weight is 265 g/mol. The molecule has 92 valence electrons. The number of carboxylic acid groups (broad SMARTS) is 1. The number of sulfonamides is 1. The molecule has 1 aliphatic heterocycles. The Bertz CT molecular complexity index is 375. The molecule has 1 saturated carbocycles. The molecule has 0 radical (unpaired) electrons. The predicted octanol–water partition coefficient (Wildman–Crippen LogP) is 0.718. The van der Waals surface area contributed by atoms with Crippen LogP contribution in [-0.4, -0.2) is 46.7 Å². The molecule has 0 spiro atoms. The largest absolute Gasteiger partial charge is 0.480 e. The lowest BCUT2D eigenvalue weighted by atomic mass is 10.3. The monoisotopic (exact) mass is 265 g/mol. The van der Waals surface area contributed by atoms with E-state index in [1.54, 1.807) is 0 Å². The zero-order valence-corrected chi connectivity index (χ0v) is 10.5. The van der Waals surface area contributed by atoms with Gasteiger partial charge >= 0.3 is 5.97 Å². The van der Waals surface area contributed by atoms with Crippen molar-refractivity contribution < 1.29 is 18.3 Å². The predicted molar refractivity (Wildman–Crippen MR) is 61.8 cm³/mol.